The number of hydrogen-bond acceptors (Lipinski definition) is 5. The molecule has 17 heavy (non-hydrogen) atoms. The Balaban J connectivity index is 2.56. The second-order valence-electron chi connectivity index (χ2n) is 4.05. The molecule has 0 atom stereocenters. The van der Waals surface area contributed by atoms with Gasteiger partial charge in [0.05, 0.1) is 15.9 Å². The summed E-state index contributed by atoms with van der Waals surface area (Å²) in [6, 6.07) is 2.46. The number of non-ortho nitro benzene ring substituents is 1. The normalized spacial score (nSPS) is 15.4. The van der Waals surface area contributed by atoms with E-state index in [0.717, 1.165) is 6.07 Å². The van der Waals surface area contributed by atoms with Gasteiger partial charge in [-0.25, -0.2) is 0 Å². The van der Waals surface area contributed by atoms with Crippen LogP contribution in [0, 0.1) is 27.2 Å². The molecule has 7 heteroatoms. The highest BCUT2D eigenvalue weighted by atomic mass is 16.6. The summed E-state index contributed by atoms with van der Waals surface area (Å²) in [5.74, 6) is 0.133. The van der Waals surface area contributed by atoms with E-state index in [4.69, 9.17) is 0 Å². The first-order chi connectivity index (χ1) is 8.00. The maximum absolute atomic E-state index is 10.8. The number of nitro benzene ring substituents is 2. The molecule has 1 aliphatic rings. The van der Waals surface area contributed by atoms with Gasteiger partial charge in [0, 0.05) is 30.6 Å². The number of benzene rings is 1. The van der Waals surface area contributed by atoms with Crippen molar-refractivity contribution in [3.8, 4) is 0 Å². The van der Waals surface area contributed by atoms with E-state index < -0.39 is 9.85 Å². The molecule has 1 fully saturated rings. The van der Waals surface area contributed by atoms with Crippen LogP contribution in [0.1, 0.15) is 17.0 Å². The average molecular weight is 237 g/mol. The highest BCUT2D eigenvalue weighted by molar-refractivity contribution is 5.54. The summed E-state index contributed by atoms with van der Waals surface area (Å²) in [7, 11) is 0. The van der Waals surface area contributed by atoms with Gasteiger partial charge >= 0.3 is 0 Å². The highest BCUT2D eigenvalue weighted by Crippen LogP contribution is 2.33. The lowest BCUT2D eigenvalue weighted by atomic mass is 9.89. The fourth-order valence-corrected chi connectivity index (χ4v) is 1.93. The van der Waals surface area contributed by atoms with Crippen LogP contribution in [0.4, 0.5) is 11.4 Å². The Labute approximate surface area is 96.7 Å². The summed E-state index contributed by atoms with van der Waals surface area (Å²) in [6.07, 6.45) is 0. The molecule has 0 aromatic heterocycles. The van der Waals surface area contributed by atoms with Crippen LogP contribution < -0.4 is 5.32 Å². The first kappa shape index (κ1) is 11.5. The monoisotopic (exact) mass is 237 g/mol. The summed E-state index contributed by atoms with van der Waals surface area (Å²) >= 11 is 0. The molecule has 0 bridgehead atoms. The second kappa shape index (κ2) is 4.10. The summed E-state index contributed by atoms with van der Waals surface area (Å²) in [5.41, 5.74) is 0.821. The van der Waals surface area contributed by atoms with Crippen LogP contribution in [-0.4, -0.2) is 22.9 Å². The third-order valence-electron chi connectivity index (χ3n) is 3.03. The van der Waals surface area contributed by atoms with Crippen LogP contribution in [-0.2, 0) is 0 Å². The molecule has 1 heterocycles. The van der Waals surface area contributed by atoms with Crippen molar-refractivity contribution < 1.29 is 9.85 Å². The van der Waals surface area contributed by atoms with Crippen LogP contribution in [0.3, 0.4) is 0 Å². The molecule has 1 N–H and O–H groups in total. The minimum absolute atomic E-state index is 0.133. The van der Waals surface area contributed by atoms with Crippen LogP contribution in [0.15, 0.2) is 12.1 Å². The lowest BCUT2D eigenvalue weighted by molar-refractivity contribution is -0.394. The first-order valence-corrected chi connectivity index (χ1v) is 5.14. The van der Waals surface area contributed by atoms with E-state index in [1.807, 2.05) is 0 Å². The van der Waals surface area contributed by atoms with Crippen molar-refractivity contribution in [2.45, 2.75) is 12.8 Å². The van der Waals surface area contributed by atoms with Gasteiger partial charge in [0.25, 0.3) is 11.4 Å². The maximum Gasteiger partial charge on any atom is 0.279 e. The van der Waals surface area contributed by atoms with Crippen LogP contribution >= 0.6 is 0 Å². The lowest BCUT2D eigenvalue weighted by Gasteiger charge is -2.28. The molecule has 1 saturated heterocycles. The Morgan fingerprint density at radius 2 is 1.88 bits per heavy atom. The fourth-order valence-electron chi connectivity index (χ4n) is 1.93. The van der Waals surface area contributed by atoms with E-state index >= 15 is 0 Å². The van der Waals surface area contributed by atoms with Crippen molar-refractivity contribution in [2.75, 3.05) is 13.1 Å². The smallest absolute Gasteiger partial charge is 0.279 e. The fraction of sp³-hybridized carbons (Fsp3) is 0.400. The van der Waals surface area contributed by atoms with Crippen LogP contribution in [0.2, 0.25) is 0 Å². The quantitative estimate of drug-likeness (QED) is 0.634. The number of nitrogens with zero attached hydrogens (tertiary/aromatic N) is 2. The summed E-state index contributed by atoms with van der Waals surface area (Å²) in [4.78, 5) is 20.4. The number of nitrogens with one attached hydrogen (secondary N) is 1. The predicted octanol–water partition coefficient (Wildman–Crippen LogP) is 1.50. The number of hydrogen-bond donors (Lipinski definition) is 1. The van der Waals surface area contributed by atoms with Crippen LogP contribution in [0.25, 0.3) is 0 Å². The van der Waals surface area contributed by atoms with E-state index in [-0.39, 0.29) is 17.3 Å². The standard InChI is InChI=1S/C10H11N3O4/c1-6-9(7-4-11-5-7)2-8(12(14)15)3-10(6)13(16)17/h2-3,7,11H,4-5H2,1H3. The summed E-state index contributed by atoms with van der Waals surface area (Å²) in [6.45, 7) is 3.05. The Morgan fingerprint density at radius 3 is 2.29 bits per heavy atom. The van der Waals surface area contributed by atoms with Gasteiger partial charge in [-0.2, -0.15) is 0 Å². The SMILES string of the molecule is Cc1c(C2CNC2)cc([N+](=O)[O-])cc1[N+](=O)[O-]. The Hall–Kier alpha value is -2.02. The van der Waals surface area contributed by atoms with E-state index in [2.05, 4.69) is 5.32 Å². The molecule has 0 amide bonds. The van der Waals surface area contributed by atoms with Crippen molar-refractivity contribution in [1.29, 1.82) is 0 Å². The van der Waals surface area contributed by atoms with Crippen molar-refractivity contribution >= 4 is 11.4 Å². The zero-order valence-corrected chi connectivity index (χ0v) is 9.17. The highest BCUT2D eigenvalue weighted by Gasteiger charge is 2.28. The summed E-state index contributed by atoms with van der Waals surface area (Å²) < 4.78 is 0. The zero-order valence-electron chi connectivity index (χ0n) is 9.17. The number of rotatable bonds is 3. The van der Waals surface area contributed by atoms with Crippen molar-refractivity contribution in [1.82, 2.24) is 5.32 Å². The molecule has 0 aliphatic carbocycles. The topological polar surface area (TPSA) is 98.3 Å². The largest absolute Gasteiger partial charge is 0.315 e. The Kier molecular flexibility index (Phi) is 2.76. The first-order valence-electron chi connectivity index (χ1n) is 5.14. The van der Waals surface area contributed by atoms with Crippen molar-refractivity contribution in [2.24, 2.45) is 0 Å². The second-order valence-corrected chi connectivity index (χ2v) is 4.05. The third-order valence-corrected chi connectivity index (χ3v) is 3.03. The van der Waals surface area contributed by atoms with Gasteiger partial charge in [-0.3, -0.25) is 20.2 Å². The molecule has 1 aromatic rings. The Morgan fingerprint density at radius 1 is 1.24 bits per heavy atom. The van der Waals surface area contributed by atoms with Crippen molar-refractivity contribution in [3.05, 3.63) is 43.5 Å². The molecule has 2 rings (SSSR count). The Bertz CT molecular complexity index is 497. The maximum atomic E-state index is 10.8. The van der Waals surface area contributed by atoms with E-state index in [0.29, 0.717) is 24.2 Å². The van der Waals surface area contributed by atoms with Gasteiger partial charge in [-0.05, 0) is 12.5 Å². The van der Waals surface area contributed by atoms with Gasteiger partial charge in [-0.15, -0.1) is 0 Å². The van der Waals surface area contributed by atoms with Gasteiger partial charge in [0.1, 0.15) is 0 Å². The molecular weight excluding hydrogens is 226 g/mol. The molecule has 0 saturated carbocycles. The predicted molar refractivity (Wildman–Crippen MR) is 60.1 cm³/mol. The molecule has 0 unspecified atom stereocenters. The van der Waals surface area contributed by atoms with Gasteiger partial charge in [0.15, 0.2) is 0 Å². The molecule has 0 radical (unpaired) electrons. The molecule has 1 aromatic carbocycles. The van der Waals surface area contributed by atoms with Gasteiger partial charge < -0.3 is 5.32 Å². The number of nitro groups is 2. The van der Waals surface area contributed by atoms with Gasteiger partial charge in [0.2, 0.25) is 0 Å². The molecule has 1 aliphatic heterocycles. The van der Waals surface area contributed by atoms with Gasteiger partial charge in [-0.1, -0.05) is 0 Å². The third kappa shape index (κ3) is 1.96. The van der Waals surface area contributed by atoms with E-state index in [9.17, 15) is 20.2 Å². The zero-order chi connectivity index (χ0) is 12.6. The minimum atomic E-state index is -0.595. The summed E-state index contributed by atoms with van der Waals surface area (Å²) in [5, 5.41) is 24.6. The van der Waals surface area contributed by atoms with E-state index in [1.165, 1.54) is 6.07 Å². The van der Waals surface area contributed by atoms with Crippen LogP contribution in [0.5, 0.6) is 0 Å². The minimum Gasteiger partial charge on any atom is -0.315 e. The van der Waals surface area contributed by atoms with Crippen molar-refractivity contribution in [3.63, 3.8) is 0 Å². The molecule has 0 spiro atoms. The molecular formula is C10H11N3O4. The average Bonchev–Trinajstić information content (AvgIpc) is 2.17. The van der Waals surface area contributed by atoms with E-state index in [1.54, 1.807) is 6.92 Å². The molecule has 7 nitrogen and oxygen atoms in total. The lowest BCUT2D eigenvalue weighted by Crippen LogP contribution is -2.40. The molecule has 90 valence electrons.